The highest BCUT2D eigenvalue weighted by atomic mass is 32.2. The van der Waals surface area contributed by atoms with E-state index in [0.717, 1.165) is 24.3 Å². The Morgan fingerprint density at radius 3 is 2.89 bits per heavy atom. The molecule has 1 aromatic rings. The lowest BCUT2D eigenvalue weighted by molar-refractivity contribution is 0.361. The Labute approximate surface area is 114 Å². The van der Waals surface area contributed by atoms with Crippen LogP contribution in [0.4, 0.5) is 0 Å². The second kappa shape index (κ2) is 6.36. The molecule has 1 atom stereocenters. The first-order chi connectivity index (χ1) is 9.09. The third-order valence-corrected chi connectivity index (χ3v) is 4.65. The minimum absolute atomic E-state index is 0.175. The topological polar surface area (TPSA) is 67.4 Å². The Morgan fingerprint density at radius 1 is 1.47 bits per heavy atom. The molecule has 5 nitrogen and oxygen atoms in total. The van der Waals surface area contributed by atoms with Gasteiger partial charge in [-0.05, 0) is 37.1 Å². The summed E-state index contributed by atoms with van der Waals surface area (Å²) in [6.45, 7) is 1.31. The number of methoxy groups -OCH3 is 1. The quantitative estimate of drug-likeness (QED) is 0.779. The zero-order chi connectivity index (χ0) is 13.7. The third kappa shape index (κ3) is 4.49. The first kappa shape index (κ1) is 14.3. The van der Waals surface area contributed by atoms with Gasteiger partial charge in [0.15, 0.2) is 0 Å². The molecule has 0 amide bonds. The van der Waals surface area contributed by atoms with E-state index in [4.69, 9.17) is 4.74 Å². The minimum atomic E-state index is -3.20. The van der Waals surface area contributed by atoms with Crippen molar-refractivity contribution in [2.24, 2.45) is 0 Å². The van der Waals surface area contributed by atoms with Gasteiger partial charge in [0.25, 0.3) is 0 Å². The fraction of sp³-hybridized carbons (Fsp3) is 0.538. The van der Waals surface area contributed by atoms with Crippen molar-refractivity contribution in [3.05, 3.63) is 29.8 Å². The molecule has 0 bridgehead atoms. The highest BCUT2D eigenvalue weighted by Crippen LogP contribution is 2.13. The molecule has 1 aliphatic heterocycles. The van der Waals surface area contributed by atoms with Crippen LogP contribution in [0.3, 0.4) is 0 Å². The number of rotatable bonds is 7. The van der Waals surface area contributed by atoms with Crippen LogP contribution in [0.25, 0.3) is 0 Å². The normalized spacial score (nSPS) is 18.9. The molecule has 2 rings (SSSR count). The fourth-order valence-electron chi connectivity index (χ4n) is 1.94. The Kier molecular flexibility index (Phi) is 4.79. The number of sulfonamides is 1. The second-order valence-corrected chi connectivity index (χ2v) is 6.65. The van der Waals surface area contributed by atoms with Crippen LogP contribution in [0, 0.1) is 0 Å². The standard InChI is InChI=1S/C13H20N2O3S/c1-18-13-4-2-3-11(9-13)10-15-19(16,17)8-6-12-5-7-14-12/h2-4,9,12,14-15H,5-8,10H2,1H3. The van der Waals surface area contributed by atoms with Crippen LogP contribution in [0.15, 0.2) is 24.3 Å². The van der Waals surface area contributed by atoms with Crippen molar-refractivity contribution in [2.45, 2.75) is 25.4 Å². The molecule has 0 spiro atoms. The summed E-state index contributed by atoms with van der Waals surface area (Å²) in [7, 11) is -1.61. The van der Waals surface area contributed by atoms with Crippen LogP contribution in [0.5, 0.6) is 5.75 Å². The maximum Gasteiger partial charge on any atom is 0.211 e. The number of nitrogens with one attached hydrogen (secondary N) is 2. The predicted molar refractivity (Wildman–Crippen MR) is 74.6 cm³/mol. The fourth-order valence-corrected chi connectivity index (χ4v) is 3.07. The molecule has 0 radical (unpaired) electrons. The van der Waals surface area contributed by atoms with Gasteiger partial charge < -0.3 is 10.1 Å². The molecule has 106 valence electrons. The average molecular weight is 284 g/mol. The van der Waals surface area contributed by atoms with Crippen molar-refractivity contribution < 1.29 is 13.2 Å². The zero-order valence-corrected chi connectivity index (χ0v) is 11.9. The lowest BCUT2D eigenvalue weighted by atomic mass is 10.1. The van der Waals surface area contributed by atoms with Crippen LogP contribution in [0.2, 0.25) is 0 Å². The first-order valence-electron chi connectivity index (χ1n) is 6.43. The van der Waals surface area contributed by atoms with Gasteiger partial charge in [-0.15, -0.1) is 0 Å². The zero-order valence-electron chi connectivity index (χ0n) is 11.1. The minimum Gasteiger partial charge on any atom is -0.497 e. The summed E-state index contributed by atoms with van der Waals surface area (Å²) in [5.74, 6) is 0.907. The van der Waals surface area contributed by atoms with Crippen LogP contribution in [0.1, 0.15) is 18.4 Å². The molecule has 1 fully saturated rings. The summed E-state index contributed by atoms with van der Waals surface area (Å²) in [5, 5.41) is 3.20. The van der Waals surface area contributed by atoms with Gasteiger partial charge >= 0.3 is 0 Å². The first-order valence-corrected chi connectivity index (χ1v) is 8.08. The van der Waals surface area contributed by atoms with Crippen molar-refractivity contribution in [3.63, 3.8) is 0 Å². The Morgan fingerprint density at radius 2 is 2.26 bits per heavy atom. The van der Waals surface area contributed by atoms with Gasteiger partial charge in [0.05, 0.1) is 12.9 Å². The number of hydrogen-bond acceptors (Lipinski definition) is 4. The SMILES string of the molecule is COc1cccc(CNS(=O)(=O)CCC2CCN2)c1. The molecule has 2 N–H and O–H groups in total. The largest absolute Gasteiger partial charge is 0.497 e. The van der Waals surface area contributed by atoms with E-state index in [0.29, 0.717) is 19.0 Å². The molecule has 0 aliphatic carbocycles. The van der Waals surface area contributed by atoms with E-state index in [-0.39, 0.29) is 5.75 Å². The summed E-state index contributed by atoms with van der Waals surface area (Å²) in [4.78, 5) is 0. The van der Waals surface area contributed by atoms with Gasteiger partial charge in [-0.3, -0.25) is 0 Å². The van der Waals surface area contributed by atoms with E-state index in [2.05, 4.69) is 10.0 Å². The van der Waals surface area contributed by atoms with Gasteiger partial charge in [0.2, 0.25) is 10.0 Å². The lowest BCUT2D eigenvalue weighted by Crippen LogP contribution is -2.44. The molecule has 1 heterocycles. The Bertz CT molecular complexity index is 512. The highest BCUT2D eigenvalue weighted by Gasteiger charge is 2.19. The molecular formula is C13H20N2O3S. The van der Waals surface area contributed by atoms with E-state index in [9.17, 15) is 8.42 Å². The molecule has 1 aromatic carbocycles. The van der Waals surface area contributed by atoms with Gasteiger partial charge in [-0.25, -0.2) is 13.1 Å². The number of hydrogen-bond donors (Lipinski definition) is 2. The van der Waals surface area contributed by atoms with E-state index >= 15 is 0 Å². The smallest absolute Gasteiger partial charge is 0.211 e. The molecule has 19 heavy (non-hydrogen) atoms. The van der Waals surface area contributed by atoms with Crippen molar-refractivity contribution in [1.82, 2.24) is 10.0 Å². The Hall–Kier alpha value is -1.11. The molecule has 0 aromatic heterocycles. The summed E-state index contributed by atoms with van der Waals surface area (Å²) < 4.78 is 31.4. The van der Waals surface area contributed by atoms with Crippen molar-refractivity contribution in [2.75, 3.05) is 19.4 Å². The Balaban J connectivity index is 1.82. The van der Waals surface area contributed by atoms with Gasteiger partial charge in [0, 0.05) is 12.6 Å². The van der Waals surface area contributed by atoms with Crippen molar-refractivity contribution in [3.8, 4) is 5.75 Å². The highest BCUT2D eigenvalue weighted by molar-refractivity contribution is 7.89. The average Bonchev–Trinajstić information content (AvgIpc) is 2.35. The van der Waals surface area contributed by atoms with Crippen LogP contribution >= 0.6 is 0 Å². The molecule has 1 aliphatic rings. The second-order valence-electron chi connectivity index (χ2n) is 4.72. The van der Waals surface area contributed by atoms with Crippen LogP contribution in [-0.4, -0.2) is 33.9 Å². The van der Waals surface area contributed by atoms with E-state index < -0.39 is 10.0 Å². The summed E-state index contributed by atoms with van der Waals surface area (Å²) in [6, 6.07) is 7.75. The van der Waals surface area contributed by atoms with Crippen LogP contribution in [-0.2, 0) is 16.6 Å². The maximum atomic E-state index is 11.8. The van der Waals surface area contributed by atoms with Gasteiger partial charge in [-0.2, -0.15) is 0 Å². The summed E-state index contributed by atoms with van der Waals surface area (Å²) in [5.41, 5.74) is 0.893. The van der Waals surface area contributed by atoms with Gasteiger partial charge in [-0.1, -0.05) is 12.1 Å². The van der Waals surface area contributed by atoms with Crippen molar-refractivity contribution in [1.29, 1.82) is 0 Å². The molecule has 0 saturated carbocycles. The van der Waals surface area contributed by atoms with Crippen LogP contribution < -0.4 is 14.8 Å². The van der Waals surface area contributed by atoms with E-state index in [1.807, 2.05) is 24.3 Å². The predicted octanol–water partition coefficient (Wildman–Crippen LogP) is 0.867. The van der Waals surface area contributed by atoms with E-state index in [1.165, 1.54) is 0 Å². The maximum absolute atomic E-state index is 11.8. The lowest BCUT2D eigenvalue weighted by Gasteiger charge is -2.27. The molecule has 1 unspecified atom stereocenters. The molecular weight excluding hydrogens is 264 g/mol. The number of benzene rings is 1. The summed E-state index contributed by atoms with van der Waals surface area (Å²) in [6.07, 6.45) is 1.75. The molecule has 6 heteroatoms. The monoisotopic (exact) mass is 284 g/mol. The third-order valence-electron chi connectivity index (χ3n) is 3.29. The number of ether oxygens (including phenoxy) is 1. The van der Waals surface area contributed by atoms with E-state index in [1.54, 1.807) is 7.11 Å². The van der Waals surface area contributed by atoms with Crippen molar-refractivity contribution >= 4 is 10.0 Å². The molecule has 1 saturated heterocycles. The summed E-state index contributed by atoms with van der Waals surface area (Å²) >= 11 is 0. The van der Waals surface area contributed by atoms with Gasteiger partial charge in [0.1, 0.15) is 5.75 Å².